The molecular formula is C11H18N2O. The van der Waals surface area contributed by atoms with Gasteiger partial charge in [-0.2, -0.15) is 0 Å². The second-order valence-electron chi connectivity index (χ2n) is 4.31. The molecule has 0 amide bonds. The van der Waals surface area contributed by atoms with Gasteiger partial charge in [-0.05, 0) is 19.4 Å². The normalized spacial score (nSPS) is 22.9. The summed E-state index contributed by atoms with van der Waals surface area (Å²) in [5.41, 5.74) is 1.08. The molecule has 0 spiro atoms. The molecule has 1 aliphatic heterocycles. The van der Waals surface area contributed by atoms with Crippen molar-refractivity contribution in [1.29, 1.82) is 0 Å². The smallest absolute Gasteiger partial charge is 0.139 e. The topological polar surface area (TPSA) is 38.1 Å². The zero-order valence-corrected chi connectivity index (χ0v) is 8.92. The molecule has 1 aromatic rings. The van der Waals surface area contributed by atoms with E-state index in [0.29, 0.717) is 12.0 Å². The predicted octanol–water partition coefficient (Wildman–Crippen LogP) is 2.61. The maximum absolute atomic E-state index is 5.29. The maximum Gasteiger partial charge on any atom is 0.139 e. The Kier molecular flexibility index (Phi) is 2.87. The first-order chi connectivity index (χ1) is 6.77. The maximum atomic E-state index is 5.29. The molecule has 3 heteroatoms. The second-order valence-corrected chi connectivity index (χ2v) is 4.31. The standard InChI is InChI=1S/C11H18N2O/c1-8(2)11-7-10(13-14-11)9-5-3-4-6-12-9/h7-9,12H,3-6H2,1-2H3. The molecule has 1 atom stereocenters. The summed E-state index contributed by atoms with van der Waals surface area (Å²) < 4.78 is 5.29. The lowest BCUT2D eigenvalue weighted by Crippen LogP contribution is -2.26. The van der Waals surface area contributed by atoms with Gasteiger partial charge in [0.05, 0.1) is 6.04 Å². The lowest BCUT2D eigenvalue weighted by Gasteiger charge is -2.20. The minimum absolute atomic E-state index is 0.417. The monoisotopic (exact) mass is 194 g/mol. The van der Waals surface area contributed by atoms with Crippen molar-refractivity contribution < 1.29 is 4.52 Å². The van der Waals surface area contributed by atoms with Crippen molar-refractivity contribution >= 4 is 0 Å². The van der Waals surface area contributed by atoms with Gasteiger partial charge in [-0.15, -0.1) is 0 Å². The lowest BCUT2D eigenvalue weighted by molar-refractivity contribution is 0.342. The molecule has 1 N–H and O–H groups in total. The predicted molar refractivity (Wildman–Crippen MR) is 55.2 cm³/mol. The quantitative estimate of drug-likeness (QED) is 0.786. The highest BCUT2D eigenvalue weighted by Gasteiger charge is 2.19. The van der Waals surface area contributed by atoms with E-state index in [9.17, 15) is 0 Å². The molecule has 14 heavy (non-hydrogen) atoms. The van der Waals surface area contributed by atoms with Crippen LogP contribution in [0, 0.1) is 0 Å². The van der Waals surface area contributed by atoms with Gasteiger partial charge < -0.3 is 9.84 Å². The Morgan fingerprint density at radius 2 is 2.36 bits per heavy atom. The molecule has 0 aromatic carbocycles. The van der Waals surface area contributed by atoms with Crippen molar-refractivity contribution in [2.24, 2.45) is 0 Å². The van der Waals surface area contributed by atoms with Gasteiger partial charge in [-0.1, -0.05) is 25.4 Å². The summed E-state index contributed by atoms with van der Waals surface area (Å²) in [5.74, 6) is 1.42. The van der Waals surface area contributed by atoms with Gasteiger partial charge >= 0.3 is 0 Å². The highest BCUT2D eigenvalue weighted by molar-refractivity contribution is 5.12. The van der Waals surface area contributed by atoms with Crippen LogP contribution in [0.15, 0.2) is 10.6 Å². The first kappa shape index (κ1) is 9.71. The Hall–Kier alpha value is -0.830. The van der Waals surface area contributed by atoms with E-state index in [2.05, 4.69) is 30.4 Å². The number of nitrogens with one attached hydrogen (secondary N) is 1. The van der Waals surface area contributed by atoms with Crippen LogP contribution in [0.25, 0.3) is 0 Å². The summed E-state index contributed by atoms with van der Waals surface area (Å²) in [6.45, 7) is 5.35. The van der Waals surface area contributed by atoms with Gasteiger partial charge in [0.1, 0.15) is 11.5 Å². The van der Waals surface area contributed by atoms with Crippen LogP contribution in [0.4, 0.5) is 0 Å². The Bertz CT molecular complexity index is 287. The summed E-state index contributed by atoms with van der Waals surface area (Å²) in [5, 5.41) is 7.59. The van der Waals surface area contributed by atoms with E-state index in [0.717, 1.165) is 18.0 Å². The van der Waals surface area contributed by atoms with E-state index in [1.54, 1.807) is 0 Å². The van der Waals surface area contributed by atoms with E-state index in [-0.39, 0.29) is 0 Å². The van der Waals surface area contributed by atoms with Gasteiger partial charge in [0.25, 0.3) is 0 Å². The lowest BCUT2D eigenvalue weighted by atomic mass is 10.0. The minimum atomic E-state index is 0.417. The zero-order chi connectivity index (χ0) is 9.97. The van der Waals surface area contributed by atoms with Crippen LogP contribution in [0.3, 0.4) is 0 Å². The van der Waals surface area contributed by atoms with Gasteiger partial charge in [-0.3, -0.25) is 0 Å². The Balaban J connectivity index is 2.07. The van der Waals surface area contributed by atoms with E-state index in [1.165, 1.54) is 19.3 Å². The Morgan fingerprint density at radius 1 is 1.50 bits per heavy atom. The molecule has 0 bridgehead atoms. The van der Waals surface area contributed by atoms with Crippen LogP contribution in [-0.4, -0.2) is 11.7 Å². The Labute approximate surface area is 84.9 Å². The average molecular weight is 194 g/mol. The summed E-state index contributed by atoms with van der Waals surface area (Å²) in [4.78, 5) is 0. The summed E-state index contributed by atoms with van der Waals surface area (Å²) in [7, 11) is 0. The SMILES string of the molecule is CC(C)c1cc(C2CCCCN2)no1. The fourth-order valence-electron chi connectivity index (χ4n) is 1.84. The number of piperidine rings is 1. The average Bonchev–Trinajstić information content (AvgIpc) is 2.68. The van der Waals surface area contributed by atoms with Crippen molar-refractivity contribution in [1.82, 2.24) is 10.5 Å². The first-order valence-corrected chi connectivity index (χ1v) is 5.47. The van der Waals surface area contributed by atoms with Crippen LogP contribution in [0.5, 0.6) is 0 Å². The molecule has 2 rings (SSSR count). The van der Waals surface area contributed by atoms with Gasteiger partial charge in [0.2, 0.25) is 0 Å². The number of hydrogen-bond acceptors (Lipinski definition) is 3. The molecule has 1 aliphatic rings. The van der Waals surface area contributed by atoms with Crippen LogP contribution < -0.4 is 5.32 Å². The molecule has 1 unspecified atom stereocenters. The van der Waals surface area contributed by atoms with E-state index in [1.807, 2.05) is 0 Å². The molecule has 2 heterocycles. The molecule has 1 aromatic heterocycles. The van der Waals surface area contributed by atoms with Crippen molar-refractivity contribution in [3.63, 3.8) is 0 Å². The van der Waals surface area contributed by atoms with Crippen LogP contribution >= 0.6 is 0 Å². The molecule has 78 valence electrons. The van der Waals surface area contributed by atoms with Crippen LogP contribution in [0.2, 0.25) is 0 Å². The fourth-order valence-corrected chi connectivity index (χ4v) is 1.84. The van der Waals surface area contributed by atoms with Gasteiger partial charge in [0, 0.05) is 12.0 Å². The summed E-state index contributed by atoms with van der Waals surface area (Å²) >= 11 is 0. The molecule has 1 saturated heterocycles. The summed E-state index contributed by atoms with van der Waals surface area (Å²) in [6.07, 6.45) is 3.76. The van der Waals surface area contributed by atoms with Gasteiger partial charge in [0.15, 0.2) is 0 Å². The Morgan fingerprint density at radius 3 is 2.93 bits per heavy atom. The van der Waals surface area contributed by atoms with Crippen LogP contribution in [-0.2, 0) is 0 Å². The van der Waals surface area contributed by atoms with E-state index >= 15 is 0 Å². The molecule has 0 aliphatic carbocycles. The minimum Gasteiger partial charge on any atom is -0.361 e. The van der Waals surface area contributed by atoms with Crippen LogP contribution in [0.1, 0.15) is 56.5 Å². The van der Waals surface area contributed by atoms with E-state index < -0.39 is 0 Å². The number of hydrogen-bond donors (Lipinski definition) is 1. The van der Waals surface area contributed by atoms with E-state index in [4.69, 9.17) is 4.52 Å². The third kappa shape index (κ3) is 1.98. The largest absolute Gasteiger partial charge is 0.361 e. The number of aromatic nitrogens is 1. The molecule has 3 nitrogen and oxygen atoms in total. The van der Waals surface area contributed by atoms with Crippen molar-refractivity contribution in [2.75, 3.05) is 6.54 Å². The number of nitrogens with zero attached hydrogens (tertiary/aromatic N) is 1. The molecule has 0 saturated carbocycles. The fraction of sp³-hybridized carbons (Fsp3) is 0.727. The second kappa shape index (κ2) is 4.13. The third-order valence-corrected chi connectivity index (χ3v) is 2.78. The van der Waals surface area contributed by atoms with Crippen molar-refractivity contribution in [3.8, 4) is 0 Å². The number of rotatable bonds is 2. The first-order valence-electron chi connectivity index (χ1n) is 5.47. The zero-order valence-electron chi connectivity index (χ0n) is 8.92. The van der Waals surface area contributed by atoms with Gasteiger partial charge in [-0.25, -0.2) is 0 Å². The summed E-state index contributed by atoms with van der Waals surface area (Å²) in [6, 6.07) is 2.51. The molecular weight excluding hydrogens is 176 g/mol. The van der Waals surface area contributed by atoms with Crippen molar-refractivity contribution in [3.05, 3.63) is 17.5 Å². The highest BCUT2D eigenvalue weighted by atomic mass is 16.5. The molecule has 0 radical (unpaired) electrons. The van der Waals surface area contributed by atoms with Crippen molar-refractivity contribution in [2.45, 2.75) is 45.1 Å². The highest BCUT2D eigenvalue weighted by Crippen LogP contribution is 2.24. The third-order valence-electron chi connectivity index (χ3n) is 2.78. The molecule has 1 fully saturated rings.